The molecule has 0 atom stereocenters. The van der Waals surface area contributed by atoms with Gasteiger partial charge in [-0.15, -0.1) is 0 Å². The molecule has 0 aliphatic heterocycles. The van der Waals surface area contributed by atoms with Crippen LogP contribution in [-0.2, 0) is 10.0 Å². The summed E-state index contributed by atoms with van der Waals surface area (Å²) in [6.07, 6.45) is 0. The normalized spacial score (nSPS) is 12.0. The fourth-order valence-corrected chi connectivity index (χ4v) is 4.63. The molecule has 3 rings (SSSR count). The van der Waals surface area contributed by atoms with Gasteiger partial charge >= 0.3 is 0 Å². The molecule has 132 valence electrons. The molecule has 0 aliphatic carbocycles. The lowest BCUT2D eigenvalue weighted by molar-refractivity contribution is 0.341. The third kappa shape index (κ3) is 2.93. The van der Waals surface area contributed by atoms with Gasteiger partial charge in [-0.2, -0.15) is 0 Å². The van der Waals surface area contributed by atoms with Gasteiger partial charge in [0.25, 0.3) is 10.0 Å². The Labute approximate surface area is 149 Å². The van der Waals surface area contributed by atoms with Gasteiger partial charge in [-0.1, -0.05) is 38.1 Å². The molecule has 4 nitrogen and oxygen atoms in total. The molecule has 25 heavy (non-hydrogen) atoms. The third-order valence-corrected chi connectivity index (χ3v) is 6.19. The van der Waals surface area contributed by atoms with E-state index in [2.05, 4.69) is 13.8 Å². The Hall–Kier alpha value is -2.27. The van der Waals surface area contributed by atoms with Crippen LogP contribution in [0.15, 0.2) is 53.4 Å². The summed E-state index contributed by atoms with van der Waals surface area (Å²) >= 11 is 0. The molecular weight excluding hydrogens is 334 g/mol. The second-order valence-electron chi connectivity index (χ2n) is 6.36. The average molecular weight is 357 g/mol. The summed E-state index contributed by atoms with van der Waals surface area (Å²) < 4.78 is 33.7. The summed E-state index contributed by atoms with van der Waals surface area (Å²) in [4.78, 5) is 0.281. The van der Waals surface area contributed by atoms with Crippen LogP contribution in [0, 0.1) is 6.92 Å². The summed E-state index contributed by atoms with van der Waals surface area (Å²) in [6, 6.07) is 14.5. The lowest BCUT2D eigenvalue weighted by Crippen LogP contribution is -2.14. The number of ether oxygens (including phenoxy) is 1. The Morgan fingerprint density at radius 3 is 2.28 bits per heavy atom. The highest BCUT2D eigenvalue weighted by Crippen LogP contribution is 2.35. The molecule has 0 fully saturated rings. The lowest BCUT2D eigenvalue weighted by atomic mass is 10.0. The van der Waals surface area contributed by atoms with Crippen molar-refractivity contribution >= 4 is 20.9 Å². The van der Waals surface area contributed by atoms with Crippen molar-refractivity contribution in [1.29, 1.82) is 0 Å². The van der Waals surface area contributed by atoms with Crippen LogP contribution in [-0.4, -0.2) is 19.0 Å². The molecule has 0 unspecified atom stereocenters. The Bertz CT molecular complexity index is 999. The van der Waals surface area contributed by atoms with E-state index in [1.807, 2.05) is 43.3 Å². The van der Waals surface area contributed by atoms with Gasteiger partial charge in [0.05, 0.1) is 22.7 Å². The van der Waals surface area contributed by atoms with Crippen molar-refractivity contribution < 1.29 is 13.2 Å². The number of benzene rings is 2. The number of para-hydroxylation sites is 1. The van der Waals surface area contributed by atoms with E-state index < -0.39 is 10.0 Å². The van der Waals surface area contributed by atoms with Gasteiger partial charge in [0, 0.05) is 5.39 Å². The van der Waals surface area contributed by atoms with Gasteiger partial charge in [-0.3, -0.25) is 0 Å². The monoisotopic (exact) mass is 357 g/mol. The zero-order chi connectivity index (χ0) is 18.2. The van der Waals surface area contributed by atoms with E-state index in [1.165, 1.54) is 3.97 Å². The number of aromatic nitrogens is 1. The largest absolute Gasteiger partial charge is 0.491 e. The Kier molecular flexibility index (Phi) is 4.60. The quantitative estimate of drug-likeness (QED) is 0.664. The molecule has 0 saturated heterocycles. The Balaban J connectivity index is 2.22. The maximum atomic E-state index is 13.3. The zero-order valence-electron chi connectivity index (χ0n) is 15.0. The lowest BCUT2D eigenvalue weighted by Gasteiger charge is -2.12. The van der Waals surface area contributed by atoms with Gasteiger partial charge in [-0.05, 0) is 49.6 Å². The van der Waals surface area contributed by atoms with Gasteiger partial charge in [0.1, 0.15) is 5.75 Å². The minimum atomic E-state index is -3.70. The highest BCUT2D eigenvalue weighted by molar-refractivity contribution is 7.90. The molecule has 1 aromatic heterocycles. The minimum absolute atomic E-state index is 0.281. The van der Waals surface area contributed by atoms with Crippen molar-refractivity contribution in [1.82, 2.24) is 3.97 Å². The van der Waals surface area contributed by atoms with Crippen molar-refractivity contribution in [2.24, 2.45) is 0 Å². The third-order valence-electron chi connectivity index (χ3n) is 4.37. The van der Waals surface area contributed by atoms with Crippen LogP contribution in [0.4, 0.5) is 0 Å². The van der Waals surface area contributed by atoms with Crippen molar-refractivity contribution in [3.8, 4) is 5.75 Å². The van der Waals surface area contributed by atoms with Crippen molar-refractivity contribution in [2.75, 3.05) is 6.61 Å². The summed E-state index contributed by atoms with van der Waals surface area (Å²) in [7, 11) is -3.70. The van der Waals surface area contributed by atoms with Crippen LogP contribution in [0.1, 0.15) is 37.9 Å². The Morgan fingerprint density at radius 2 is 1.68 bits per heavy atom. The molecule has 0 N–H and O–H groups in total. The fourth-order valence-electron chi connectivity index (χ4n) is 3.08. The predicted octanol–water partition coefficient (Wildman–Crippen LogP) is 4.71. The molecule has 0 radical (unpaired) electrons. The first-order valence-electron chi connectivity index (χ1n) is 8.46. The summed E-state index contributed by atoms with van der Waals surface area (Å²) in [5, 5.41) is 0.809. The van der Waals surface area contributed by atoms with E-state index in [4.69, 9.17) is 4.74 Å². The van der Waals surface area contributed by atoms with Gasteiger partial charge in [0.2, 0.25) is 0 Å². The molecule has 1 heterocycles. The number of rotatable bonds is 5. The first kappa shape index (κ1) is 17.5. The van der Waals surface area contributed by atoms with Gasteiger partial charge in [0.15, 0.2) is 0 Å². The van der Waals surface area contributed by atoms with Crippen LogP contribution in [0.5, 0.6) is 5.75 Å². The van der Waals surface area contributed by atoms with Crippen molar-refractivity contribution in [3.63, 3.8) is 0 Å². The van der Waals surface area contributed by atoms with Crippen molar-refractivity contribution in [2.45, 2.75) is 38.5 Å². The van der Waals surface area contributed by atoms with Crippen LogP contribution in [0.2, 0.25) is 0 Å². The summed E-state index contributed by atoms with van der Waals surface area (Å²) in [6.45, 7) is 8.33. The molecule has 0 saturated carbocycles. The van der Waals surface area contributed by atoms with Crippen molar-refractivity contribution in [3.05, 3.63) is 59.8 Å². The second-order valence-corrected chi connectivity index (χ2v) is 8.14. The molecule has 0 amide bonds. The van der Waals surface area contributed by atoms with E-state index in [0.29, 0.717) is 29.5 Å². The van der Waals surface area contributed by atoms with E-state index in [9.17, 15) is 8.42 Å². The maximum Gasteiger partial charge on any atom is 0.268 e. The number of hydrogen-bond donors (Lipinski definition) is 0. The maximum absolute atomic E-state index is 13.3. The van der Waals surface area contributed by atoms with E-state index in [0.717, 1.165) is 10.9 Å². The fraction of sp³-hybridized carbons (Fsp3) is 0.300. The first-order valence-corrected chi connectivity index (χ1v) is 9.90. The number of hydrogen-bond acceptors (Lipinski definition) is 3. The highest BCUT2D eigenvalue weighted by atomic mass is 32.2. The van der Waals surface area contributed by atoms with Crippen LogP contribution < -0.4 is 4.74 Å². The molecule has 0 spiro atoms. The highest BCUT2D eigenvalue weighted by Gasteiger charge is 2.25. The molecule has 2 aromatic carbocycles. The van der Waals surface area contributed by atoms with E-state index in [1.54, 1.807) is 19.1 Å². The second kappa shape index (κ2) is 6.56. The standard InChI is InChI=1S/C20H23NO3S/c1-5-24-20-15(4)21(19-9-7-6-8-18(19)20)25(22,23)17-12-10-16(11-13-17)14(2)3/h6-14H,5H2,1-4H3. The van der Waals surface area contributed by atoms with Crippen LogP contribution >= 0.6 is 0 Å². The smallest absolute Gasteiger partial charge is 0.268 e. The van der Waals surface area contributed by atoms with E-state index >= 15 is 0 Å². The molecular formula is C20H23NO3S. The van der Waals surface area contributed by atoms with Crippen LogP contribution in [0.3, 0.4) is 0 Å². The van der Waals surface area contributed by atoms with E-state index in [-0.39, 0.29) is 4.90 Å². The Morgan fingerprint density at radius 1 is 1.04 bits per heavy atom. The zero-order valence-corrected chi connectivity index (χ0v) is 15.8. The van der Waals surface area contributed by atoms with Crippen LogP contribution in [0.25, 0.3) is 10.9 Å². The minimum Gasteiger partial charge on any atom is -0.491 e. The topological polar surface area (TPSA) is 48.3 Å². The average Bonchev–Trinajstić information content (AvgIpc) is 2.88. The number of nitrogens with zero attached hydrogens (tertiary/aromatic N) is 1. The van der Waals surface area contributed by atoms with Gasteiger partial charge in [-0.25, -0.2) is 12.4 Å². The summed E-state index contributed by atoms with van der Waals surface area (Å²) in [5.74, 6) is 0.982. The number of fused-ring (bicyclic) bond motifs is 1. The molecule has 5 heteroatoms. The first-order chi connectivity index (χ1) is 11.9. The predicted molar refractivity (Wildman–Crippen MR) is 101 cm³/mol. The molecule has 3 aromatic rings. The molecule has 0 bridgehead atoms. The summed E-state index contributed by atoms with van der Waals surface area (Å²) in [5.41, 5.74) is 2.34. The SMILES string of the molecule is CCOc1c(C)n(S(=O)(=O)c2ccc(C(C)C)cc2)c2ccccc12. The van der Waals surface area contributed by atoms with Gasteiger partial charge < -0.3 is 4.74 Å². The molecule has 0 aliphatic rings.